The molecular formula is C25H25N5O4S. The van der Waals surface area contributed by atoms with E-state index in [1.165, 1.54) is 18.3 Å². The number of sulfonamides is 1. The highest BCUT2D eigenvalue weighted by atomic mass is 32.2. The van der Waals surface area contributed by atoms with Gasteiger partial charge in [-0.1, -0.05) is 19.1 Å². The van der Waals surface area contributed by atoms with Gasteiger partial charge in [0.1, 0.15) is 5.82 Å². The second-order valence-electron chi connectivity index (χ2n) is 9.29. The fraction of sp³-hybridized carbons (Fsp3) is 0.280. The first-order valence-corrected chi connectivity index (χ1v) is 12.5. The molecule has 10 heteroatoms. The van der Waals surface area contributed by atoms with E-state index in [9.17, 15) is 23.3 Å². The number of hydrogen-bond donors (Lipinski definition) is 2. The van der Waals surface area contributed by atoms with Gasteiger partial charge in [0.25, 0.3) is 21.5 Å². The Hall–Kier alpha value is -3.97. The Balaban J connectivity index is 1.80. The molecule has 3 heterocycles. The van der Waals surface area contributed by atoms with E-state index >= 15 is 0 Å². The van der Waals surface area contributed by atoms with E-state index in [2.05, 4.69) is 18.0 Å². The highest BCUT2D eigenvalue weighted by molar-refractivity contribution is 7.90. The zero-order chi connectivity index (χ0) is 25.4. The third-order valence-electron chi connectivity index (χ3n) is 6.03. The van der Waals surface area contributed by atoms with E-state index in [1.807, 2.05) is 29.5 Å². The monoisotopic (exact) mass is 491 g/mol. The molecule has 1 fully saturated rings. The van der Waals surface area contributed by atoms with E-state index in [0.29, 0.717) is 35.1 Å². The summed E-state index contributed by atoms with van der Waals surface area (Å²) in [6, 6.07) is 14.7. The topological polar surface area (TPSA) is 136 Å². The van der Waals surface area contributed by atoms with Crippen molar-refractivity contribution in [2.24, 2.45) is 5.92 Å². The predicted molar refractivity (Wildman–Crippen MR) is 131 cm³/mol. The highest BCUT2D eigenvalue weighted by Gasteiger charge is 2.39. The van der Waals surface area contributed by atoms with Gasteiger partial charge in [0.15, 0.2) is 4.90 Å². The molecule has 0 saturated carbocycles. The molecule has 0 radical (unpaired) electrons. The van der Waals surface area contributed by atoms with Crippen LogP contribution in [-0.2, 0) is 10.0 Å². The Morgan fingerprint density at radius 1 is 1.23 bits per heavy atom. The molecule has 35 heavy (non-hydrogen) atoms. The molecule has 0 spiro atoms. The van der Waals surface area contributed by atoms with E-state index < -0.39 is 26.4 Å². The maximum atomic E-state index is 13.3. The Kier molecular flexibility index (Phi) is 6.21. The van der Waals surface area contributed by atoms with Crippen LogP contribution in [0.15, 0.2) is 64.4 Å². The van der Waals surface area contributed by atoms with Crippen LogP contribution in [0.1, 0.15) is 43.1 Å². The largest absolute Gasteiger partial charge is 0.351 e. The number of nitriles is 1. The number of nitrogens with zero attached hydrogens (tertiary/aromatic N) is 3. The molecule has 1 aromatic carbocycles. The zero-order valence-corrected chi connectivity index (χ0v) is 20.4. The molecular weight excluding hydrogens is 466 g/mol. The van der Waals surface area contributed by atoms with Crippen molar-refractivity contribution in [2.45, 2.75) is 37.6 Å². The third-order valence-corrected chi connectivity index (χ3v) is 7.39. The first kappa shape index (κ1) is 24.2. The van der Waals surface area contributed by atoms with Crippen molar-refractivity contribution >= 4 is 21.7 Å². The fourth-order valence-corrected chi connectivity index (χ4v) is 5.57. The van der Waals surface area contributed by atoms with Gasteiger partial charge >= 0.3 is 0 Å². The summed E-state index contributed by atoms with van der Waals surface area (Å²) in [7, 11) is -4.42. The Morgan fingerprint density at radius 2 is 2.00 bits per heavy atom. The summed E-state index contributed by atoms with van der Waals surface area (Å²) in [5.41, 5.74) is 0.639. The third kappa shape index (κ3) is 4.81. The van der Waals surface area contributed by atoms with Crippen LogP contribution < -0.4 is 15.2 Å². The van der Waals surface area contributed by atoms with Crippen molar-refractivity contribution in [3.8, 4) is 17.3 Å². The normalized spacial score (nSPS) is 17.1. The first-order chi connectivity index (χ1) is 16.5. The van der Waals surface area contributed by atoms with Crippen LogP contribution in [-0.4, -0.2) is 36.4 Å². The van der Waals surface area contributed by atoms with Gasteiger partial charge in [-0.25, -0.2) is 18.1 Å². The molecule has 1 aliphatic rings. The SMILES string of the molecule is C[C@@H]1CN(c2nc(-c3cccc(C#N)c3)ccc2C(=O)NS(=O)(=O)c2ccc[nH]c2=O)C(C)(C)C1. The minimum absolute atomic E-state index is 0.0725. The molecule has 2 aromatic heterocycles. The number of carbonyl (C=O) groups excluding carboxylic acids is 1. The number of aromatic nitrogens is 2. The van der Waals surface area contributed by atoms with Gasteiger partial charge in [0.05, 0.1) is 22.9 Å². The van der Waals surface area contributed by atoms with Crippen molar-refractivity contribution in [2.75, 3.05) is 11.4 Å². The van der Waals surface area contributed by atoms with Crippen LogP contribution in [0.5, 0.6) is 0 Å². The number of H-pyrrole nitrogens is 1. The molecule has 9 nitrogen and oxygen atoms in total. The molecule has 0 unspecified atom stereocenters. The minimum atomic E-state index is -4.42. The molecule has 0 bridgehead atoms. The van der Waals surface area contributed by atoms with E-state index in [-0.39, 0.29) is 11.1 Å². The number of anilines is 1. The number of hydrogen-bond acceptors (Lipinski definition) is 7. The van der Waals surface area contributed by atoms with Crippen LogP contribution in [0.2, 0.25) is 0 Å². The number of benzene rings is 1. The summed E-state index contributed by atoms with van der Waals surface area (Å²) < 4.78 is 27.6. The molecule has 4 rings (SSSR count). The maximum Gasteiger partial charge on any atom is 0.269 e. The number of rotatable bonds is 5. The number of carbonyl (C=O) groups is 1. The van der Waals surface area contributed by atoms with E-state index in [0.717, 1.165) is 12.5 Å². The summed E-state index contributed by atoms with van der Waals surface area (Å²) in [6.07, 6.45) is 2.17. The zero-order valence-electron chi connectivity index (χ0n) is 19.6. The Morgan fingerprint density at radius 3 is 2.66 bits per heavy atom. The lowest BCUT2D eigenvalue weighted by atomic mass is 9.97. The second-order valence-corrected chi connectivity index (χ2v) is 10.9. The molecule has 1 amide bonds. The lowest BCUT2D eigenvalue weighted by molar-refractivity contribution is 0.0981. The van der Waals surface area contributed by atoms with E-state index in [4.69, 9.17) is 4.98 Å². The van der Waals surface area contributed by atoms with Gasteiger partial charge in [0, 0.05) is 23.8 Å². The average Bonchev–Trinajstić information content (AvgIpc) is 3.10. The lowest BCUT2D eigenvalue weighted by Gasteiger charge is -2.34. The van der Waals surface area contributed by atoms with Crippen molar-refractivity contribution in [1.82, 2.24) is 14.7 Å². The van der Waals surface area contributed by atoms with Crippen LogP contribution in [0.25, 0.3) is 11.3 Å². The van der Waals surface area contributed by atoms with Crippen molar-refractivity contribution in [3.05, 3.63) is 76.2 Å². The number of pyridine rings is 2. The molecule has 2 N–H and O–H groups in total. The van der Waals surface area contributed by atoms with Gasteiger partial charge in [-0.05, 0) is 62.6 Å². The molecule has 0 aliphatic carbocycles. The molecule has 180 valence electrons. The highest BCUT2D eigenvalue weighted by Crippen LogP contribution is 2.38. The predicted octanol–water partition coefficient (Wildman–Crippen LogP) is 3.05. The second kappa shape index (κ2) is 9.00. The summed E-state index contributed by atoms with van der Waals surface area (Å²) in [6.45, 7) is 6.83. The van der Waals surface area contributed by atoms with Crippen LogP contribution >= 0.6 is 0 Å². The Labute approximate surface area is 203 Å². The lowest BCUT2D eigenvalue weighted by Crippen LogP contribution is -2.41. The molecule has 1 saturated heterocycles. The van der Waals surface area contributed by atoms with Crippen molar-refractivity contribution in [3.63, 3.8) is 0 Å². The summed E-state index contributed by atoms with van der Waals surface area (Å²) >= 11 is 0. The minimum Gasteiger partial charge on any atom is -0.351 e. The summed E-state index contributed by atoms with van der Waals surface area (Å²) in [5.74, 6) is -0.211. The standard InChI is InChI=1S/C25H25N5O4S/c1-16-13-25(2,3)30(15-16)22-19(9-10-20(28-22)18-7-4-6-17(12-18)14-26)23(31)29-35(33,34)21-8-5-11-27-24(21)32/h4-12,16H,13,15H2,1-3H3,(H,27,32)(H,29,31)/t16-/m0/s1. The molecule has 1 atom stereocenters. The van der Waals surface area contributed by atoms with Gasteiger partial charge in [-0.2, -0.15) is 5.26 Å². The van der Waals surface area contributed by atoms with E-state index in [1.54, 1.807) is 24.3 Å². The maximum absolute atomic E-state index is 13.3. The number of amides is 1. The summed E-state index contributed by atoms with van der Waals surface area (Å²) in [4.78, 5) is 33.8. The Bertz CT molecular complexity index is 1500. The van der Waals surface area contributed by atoms with Crippen molar-refractivity contribution < 1.29 is 13.2 Å². The quantitative estimate of drug-likeness (QED) is 0.560. The fourth-order valence-electron chi connectivity index (χ4n) is 4.55. The van der Waals surface area contributed by atoms with Gasteiger partial charge in [-0.15, -0.1) is 0 Å². The van der Waals surface area contributed by atoms with Gasteiger partial charge in [-0.3, -0.25) is 9.59 Å². The van der Waals surface area contributed by atoms with Crippen LogP contribution in [0.3, 0.4) is 0 Å². The number of nitrogens with one attached hydrogen (secondary N) is 2. The molecule has 3 aromatic rings. The first-order valence-electron chi connectivity index (χ1n) is 11.1. The average molecular weight is 492 g/mol. The van der Waals surface area contributed by atoms with Gasteiger partial charge < -0.3 is 9.88 Å². The van der Waals surface area contributed by atoms with Crippen molar-refractivity contribution in [1.29, 1.82) is 5.26 Å². The smallest absolute Gasteiger partial charge is 0.269 e. The molecule has 1 aliphatic heterocycles. The van der Waals surface area contributed by atoms with Crippen LogP contribution in [0, 0.1) is 17.2 Å². The summed E-state index contributed by atoms with van der Waals surface area (Å²) in [5, 5.41) is 9.26. The van der Waals surface area contributed by atoms with Crippen LogP contribution in [0.4, 0.5) is 5.82 Å². The van der Waals surface area contributed by atoms with Gasteiger partial charge in [0.2, 0.25) is 0 Å². The number of aromatic amines is 1.